The number of para-hydroxylation sites is 1. The van der Waals surface area contributed by atoms with E-state index in [0.29, 0.717) is 30.4 Å². The minimum absolute atomic E-state index is 0.0374. The summed E-state index contributed by atoms with van der Waals surface area (Å²) in [6.07, 6.45) is 2.19. The van der Waals surface area contributed by atoms with Crippen molar-refractivity contribution in [3.8, 4) is 11.5 Å². The summed E-state index contributed by atoms with van der Waals surface area (Å²) >= 11 is 0. The van der Waals surface area contributed by atoms with Crippen molar-refractivity contribution in [3.05, 3.63) is 59.7 Å². The van der Waals surface area contributed by atoms with E-state index in [9.17, 15) is 9.59 Å². The molecule has 3 rings (SSSR count). The summed E-state index contributed by atoms with van der Waals surface area (Å²) < 4.78 is 10.8. The number of ketones is 1. The Morgan fingerprint density at radius 2 is 1.89 bits per heavy atom. The minimum Gasteiger partial charge on any atom is -0.497 e. The van der Waals surface area contributed by atoms with Gasteiger partial charge in [-0.25, -0.2) is 0 Å². The summed E-state index contributed by atoms with van der Waals surface area (Å²) in [6.45, 7) is 1.26. The highest BCUT2D eigenvalue weighted by atomic mass is 16.5. The number of benzene rings is 2. The molecule has 1 heterocycles. The molecule has 1 aliphatic heterocycles. The van der Waals surface area contributed by atoms with Gasteiger partial charge in [0.1, 0.15) is 11.5 Å². The molecule has 0 saturated carbocycles. The fourth-order valence-corrected chi connectivity index (χ4v) is 3.23. The van der Waals surface area contributed by atoms with E-state index in [-0.39, 0.29) is 24.5 Å². The summed E-state index contributed by atoms with van der Waals surface area (Å²) in [7, 11) is 1.58. The lowest BCUT2D eigenvalue weighted by Gasteiger charge is -2.14. The maximum absolute atomic E-state index is 12.2. The summed E-state index contributed by atoms with van der Waals surface area (Å²) in [4.78, 5) is 24.3. The number of carbonyl (C=O) groups excluding carboxylic acids is 2. The first-order valence-electron chi connectivity index (χ1n) is 9.30. The van der Waals surface area contributed by atoms with Gasteiger partial charge in [0.25, 0.3) is 0 Å². The Labute approximate surface area is 159 Å². The van der Waals surface area contributed by atoms with Crippen molar-refractivity contribution in [1.29, 1.82) is 0 Å². The lowest BCUT2D eigenvalue weighted by molar-refractivity contribution is -0.121. The van der Waals surface area contributed by atoms with Gasteiger partial charge in [0.15, 0.2) is 5.78 Å². The Hall–Kier alpha value is -2.82. The smallest absolute Gasteiger partial charge is 0.220 e. The van der Waals surface area contributed by atoms with Gasteiger partial charge in [-0.15, -0.1) is 0 Å². The molecule has 0 saturated heterocycles. The molecule has 0 fully saturated rings. The first kappa shape index (κ1) is 19.0. The second-order valence-corrected chi connectivity index (χ2v) is 6.77. The fourth-order valence-electron chi connectivity index (χ4n) is 3.23. The van der Waals surface area contributed by atoms with Gasteiger partial charge in [0.2, 0.25) is 5.91 Å². The number of ether oxygens (including phenoxy) is 2. The van der Waals surface area contributed by atoms with Gasteiger partial charge in [-0.3, -0.25) is 9.59 Å². The quantitative estimate of drug-likeness (QED) is 0.762. The van der Waals surface area contributed by atoms with Crippen LogP contribution in [0.4, 0.5) is 0 Å². The van der Waals surface area contributed by atoms with Crippen molar-refractivity contribution in [2.45, 2.75) is 25.7 Å². The summed E-state index contributed by atoms with van der Waals surface area (Å²) in [5.74, 6) is 1.87. The van der Waals surface area contributed by atoms with E-state index < -0.39 is 0 Å². The predicted molar refractivity (Wildman–Crippen MR) is 103 cm³/mol. The second-order valence-electron chi connectivity index (χ2n) is 6.77. The number of methoxy groups -OCH3 is 1. The molecule has 0 aliphatic carbocycles. The second kappa shape index (κ2) is 9.21. The number of rotatable bonds is 7. The number of hydrogen-bond donors (Lipinski definition) is 1. The van der Waals surface area contributed by atoms with Gasteiger partial charge in [0, 0.05) is 24.9 Å². The van der Waals surface area contributed by atoms with Crippen molar-refractivity contribution in [1.82, 2.24) is 5.32 Å². The van der Waals surface area contributed by atoms with Crippen LogP contribution in [0, 0.1) is 5.92 Å². The van der Waals surface area contributed by atoms with Gasteiger partial charge < -0.3 is 14.8 Å². The molecule has 2 aromatic carbocycles. The van der Waals surface area contributed by atoms with Crippen LogP contribution < -0.4 is 14.8 Å². The number of nitrogens with one attached hydrogen (secondary N) is 1. The normalized spacial score (nSPS) is 15.8. The van der Waals surface area contributed by atoms with Crippen LogP contribution in [-0.2, 0) is 11.2 Å². The molecule has 1 amide bonds. The van der Waals surface area contributed by atoms with Crippen molar-refractivity contribution in [2.24, 2.45) is 5.92 Å². The largest absolute Gasteiger partial charge is 0.497 e. The molecule has 2 aromatic rings. The summed E-state index contributed by atoms with van der Waals surface area (Å²) in [5, 5.41) is 2.97. The third-order valence-corrected chi connectivity index (χ3v) is 4.84. The van der Waals surface area contributed by atoms with E-state index in [1.165, 1.54) is 5.56 Å². The van der Waals surface area contributed by atoms with Gasteiger partial charge in [0.05, 0.1) is 13.7 Å². The molecule has 1 N–H and O–H groups in total. The number of fused-ring (bicyclic) bond motifs is 1. The zero-order chi connectivity index (χ0) is 19.1. The number of hydrogen-bond acceptors (Lipinski definition) is 4. The predicted octanol–water partition coefficient (Wildman–Crippen LogP) is 3.42. The lowest BCUT2D eigenvalue weighted by atomic mass is 9.97. The fraction of sp³-hybridized carbons (Fsp3) is 0.364. The topological polar surface area (TPSA) is 64.6 Å². The lowest BCUT2D eigenvalue weighted by Crippen LogP contribution is -2.30. The molecule has 27 heavy (non-hydrogen) atoms. The van der Waals surface area contributed by atoms with E-state index in [0.717, 1.165) is 18.6 Å². The SMILES string of the molecule is COc1ccc(C(=O)CCC(=O)NCC2CCOc3ccccc3C2)cc1. The molecule has 0 radical (unpaired) electrons. The van der Waals surface area contributed by atoms with Gasteiger partial charge in [-0.1, -0.05) is 18.2 Å². The molecule has 142 valence electrons. The summed E-state index contributed by atoms with van der Waals surface area (Å²) in [5.41, 5.74) is 1.78. The van der Waals surface area contributed by atoms with Crippen molar-refractivity contribution in [3.63, 3.8) is 0 Å². The molecule has 5 heteroatoms. The number of carbonyl (C=O) groups is 2. The highest BCUT2D eigenvalue weighted by Crippen LogP contribution is 2.26. The third kappa shape index (κ3) is 5.33. The third-order valence-electron chi connectivity index (χ3n) is 4.84. The maximum Gasteiger partial charge on any atom is 0.220 e. The van der Waals surface area contributed by atoms with Crippen molar-refractivity contribution < 1.29 is 19.1 Å². The van der Waals surface area contributed by atoms with E-state index in [1.807, 2.05) is 18.2 Å². The van der Waals surface area contributed by atoms with Crippen LogP contribution in [0.2, 0.25) is 0 Å². The average Bonchev–Trinajstić information content (AvgIpc) is 2.92. The van der Waals surface area contributed by atoms with Crippen LogP contribution >= 0.6 is 0 Å². The minimum atomic E-state index is -0.0877. The molecule has 0 spiro atoms. The molecular weight excluding hydrogens is 342 g/mol. The van der Waals surface area contributed by atoms with Gasteiger partial charge in [-0.05, 0) is 54.7 Å². The van der Waals surface area contributed by atoms with Crippen LogP contribution in [0.15, 0.2) is 48.5 Å². The Morgan fingerprint density at radius 3 is 2.67 bits per heavy atom. The first-order chi connectivity index (χ1) is 13.2. The zero-order valence-corrected chi connectivity index (χ0v) is 15.6. The van der Waals surface area contributed by atoms with Crippen LogP contribution in [-0.4, -0.2) is 32.0 Å². The standard InChI is InChI=1S/C22H25NO4/c1-26-19-8-6-17(7-9-19)20(24)10-11-22(25)23-15-16-12-13-27-21-5-3-2-4-18(21)14-16/h2-9,16H,10-15H2,1H3,(H,23,25). The molecule has 5 nitrogen and oxygen atoms in total. The highest BCUT2D eigenvalue weighted by Gasteiger charge is 2.18. The average molecular weight is 367 g/mol. The van der Waals surface area contributed by atoms with Crippen LogP contribution in [0.3, 0.4) is 0 Å². The Kier molecular flexibility index (Phi) is 6.47. The van der Waals surface area contributed by atoms with E-state index in [1.54, 1.807) is 31.4 Å². The molecular formula is C22H25NO4. The molecule has 0 bridgehead atoms. The van der Waals surface area contributed by atoms with E-state index in [4.69, 9.17) is 9.47 Å². The Bertz CT molecular complexity index is 785. The van der Waals surface area contributed by atoms with Crippen LogP contribution in [0.5, 0.6) is 11.5 Å². The summed E-state index contributed by atoms with van der Waals surface area (Å²) in [6, 6.07) is 15.0. The maximum atomic E-state index is 12.2. The van der Waals surface area contributed by atoms with Crippen molar-refractivity contribution >= 4 is 11.7 Å². The first-order valence-corrected chi connectivity index (χ1v) is 9.30. The van der Waals surface area contributed by atoms with Gasteiger partial charge in [-0.2, -0.15) is 0 Å². The molecule has 1 aliphatic rings. The monoisotopic (exact) mass is 367 g/mol. The number of amides is 1. The van der Waals surface area contributed by atoms with Crippen LogP contribution in [0.25, 0.3) is 0 Å². The zero-order valence-electron chi connectivity index (χ0n) is 15.6. The molecule has 0 aromatic heterocycles. The molecule has 1 atom stereocenters. The van der Waals surface area contributed by atoms with E-state index in [2.05, 4.69) is 11.4 Å². The Balaban J connectivity index is 1.43. The molecule has 1 unspecified atom stereocenters. The van der Waals surface area contributed by atoms with Gasteiger partial charge >= 0.3 is 0 Å². The van der Waals surface area contributed by atoms with E-state index >= 15 is 0 Å². The highest BCUT2D eigenvalue weighted by molar-refractivity contribution is 5.98. The van der Waals surface area contributed by atoms with Crippen LogP contribution in [0.1, 0.15) is 35.2 Å². The Morgan fingerprint density at radius 1 is 1.11 bits per heavy atom. The number of Topliss-reactive ketones (excluding diaryl/α,β-unsaturated/α-hetero) is 1. The van der Waals surface area contributed by atoms with Crippen molar-refractivity contribution in [2.75, 3.05) is 20.3 Å².